The lowest BCUT2D eigenvalue weighted by Gasteiger charge is -2.11. The van der Waals surface area contributed by atoms with Gasteiger partial charge in [-0.3, -0.25) is 4.99 Å². The number of aliphatic imine (C=N–C) groups is 1. The average Bonchev–Trinajstić information content (AvgIpc) is 3.03. The Balaban J connectivity index is 0.00000576. The summed E-state index contributed by atoms with van der Waals surface area (Å²) < 4.78 is 11.0. The summed E-state index contributed by atoms with van der Waals surface area (Å²) in [6.07, 6.45) is 3.12. The molecular weight excluding hydrogens is 431 g/mol. The lowest BCUT2D eigenvalue weighted by molar-refractivity contribution is 0.108. The molecule has 0 aliphatic rings. The number of ether oxygens (including phenoxy) is 1. The van der Waals surface area contributed by atoms with Crippen LogP contribution in [0.4, 0.5) is 0 Å². The molecule has 0 atom stereocenters. The first-order valence-electron chi connectivity index (χ1n) is 9.08. The van der Waals surface area contributed by atoms with Crippen LogP contribution in [0.2, 0.25) is 0 Å². The van der Waals surface area contributed by atoms with Crippen molar-refractivity contribution in [2.75, 3.05) is 26.8 Å². The number of hydrogen-bond donors (Lipinski definition) is 2. The minimum Gasteiger partial charge on any atom is -0.381 e. The summed E-state index contributed by atoms with van der Waals surface area (Å²) in [5, 5.41) is 10.7. The zero-order valence-corrected chi connectivity index (χ0v) is 18.6. The number of aromatic nitrogens is 1. The van der Waals surface area contributed by atoms with E-state index in [9.17, 15) is 0 Å². The molecule has 1 aromatic heterocycles. The van der Waals surface area contributed by atoms with Gasteiger partial charge in [0.15, 0.2) is 11.7 Å². The maximum absolute atomic E-state index is 5.56. The van der Waals surface area contributed by atoms with Crippen LogP contribution in [0.5, 0.6) is 0 Å². The van der Waals surface area contributed by atoms with Crippen LogP contribution >= 0.6 is 24.0 Å². The molecular formula is C18H35IN4O2. The molecule has 0 aromatic carbocycles. The van der Waals surface area contributed by atoms with Crippen molar-refractivity contribution in [1.29, 1.82) is 0 Å². The summed E-state index contributed by atoms with van der Waals surface area (Å²) in [5.74, 6) is 2.66. The summed E-state index contributed by atoms with van der Waals surface area (Å²) in [6.45, 7) is 11.7. The molecule has 25 heavy (non-hydrogen) atoms. The van der Waals surface area contributed by atoms with Crippen LogP contribution in [0.25, 0.3) is 0 Å². The highest BCUT2D eigenvalue weighted by molar-refractivity contribution is 14.0. The Bertz CT molecular complexity index is 473. The Morgan fingerprint density at radius 1 is 1.28 bits per heavy atom. The zero-order valence-electron chi connectivity index (χ0n) is 16.3. The summed E-state index contributed by atoms with van der Waals surface area (Å²) in [7, 11) is 1.76. The first kappa shape index (κ1) is 24.2. The molecule has 1 rings (SSSR count). The van der Waals surface area contributed by atoms with E-state index in [1.165, 1.54) is 0 Å². The summed E-state index contributed by atoms with van der Waals surface area (Å²) in [5.41, 5.74) is 1.04. The number of guanidine groups is 1. The predicted octanol–water partition coefficient (Wildman–Crippen LogP) is 3.92. The summed E-state index contributed by atoms with van der Waals surface area (Å²) in [4.78, 5) is 4.21. The fourth-order valence-corrected chi connectivity index (χ4v) is 2.40. The lowest BCUT2D eigenvalue weighted by atomic mass is 9.99. The lowest BCUT2D eigenvalue weighted by Crippen LogP contribution is -2.37. The third kappa shape index (κ3) is 10.0. The minimum atomic E-state index is 0. The van der Waals surface area contributed by atoms with Crippen molar-refractivity contribution in [3.8, 4) is 0 Å². The third-order valence-corrected chi connectivity index (χ3v) is 3.84. The Labute approximate surface area is 169 Å². The molecule has 0 spiro atoms. The summed E-state index contributed by atoms with van der Waals surface area (Å²) >= 11 is 0. The van der Waals surface area contributed by atoms with E-state index in [2.05, 4.69) is 48.5 Å². The van der Waals surface area contributed by atoms with E-state index >= 15 is 0 Å². The molecule has 146 valence electrons. The average molecular weight is 466 g/mol. The van der Waals surface area contributed by atoms with Gasteiger partial charge in [0.2, 0.25) is 0 Å². The molecule has 0 amide bonds. The molecule has 0 aliphatic heterocycles. The van der Waals surface area contributed by atoms with Crippen LogP contribution in [-0.4, -0.2) is 37.9 Å². The van der Waals surface area contributed by atoms with Crippen LogP contribution in [0.1, 0.15) is 64.3 Å². The fraction of sp³-hybridized carbons (Fsp3) is 0.778. The molecule has 0 radical (unpaired) electrons. The standard InChI is InChI=1S/C18H34N4O2.HI/c1-6-15(7-2)17-11-16(24-22-17)12-21-18(19-5)20-9-8-10-23-13-14(3)4;/h11,14-15H,6-10,12-13H2,1-5H3,(H2,19,20,21);1H. The van der Waals surface area contributed by atoms with E-state index in [-0.39, 0.29) is 24.0 Å². The zero-order chi connectivity index (χ0) is 17.8. The number of hydrogen-bond acceptors (Lipinski definition) is 4. The first-order valence-corrected chi connectivity index (χ1v) is 9.08. The van der Waals surface area contributed by atoms with E-state index in [1.54, 1.807) is 7.05 Å². The second kappa shape index (κ2) is 14.4. The largest absolute Gasteiger partial charge is 0.381 e. The fourth-order valence-electron chi connectivity index (χ4n) is 2.40. The van der Waals surface area contributed by atoms with Crippen LogP contribution in [-0.2, 0) is 11.3 Å². The van der Waals surface area contributed by atoms with E-state index < -0.39 is 0 Å². The molecule has 0 aliphatic carbocycles. The smallest absolute Gasteiger partial charge is 0.191 e. The van der Waals surface area contributed by atoms with E-state index in [4.69, 9.17) is 9.26 Å². The van der Waals surface area contributed by atoms with Gasteiger partial charge in [-0.2, -0.15) is 0 Å². The SMILES string of the molecule is CCC(CC)c1cc(CNC(=NC)NCCCOCC(C)C)on1.I. The van der Waals surface area contributed by atoms with Gasteiger partial charge in [-0.1, -0.05) is 32.9 Å². The molecule has 6 nitrogen and oxygen atoms in total. The van der Waals surface area contributed by atoms with Crippen molar-refractivity contribution < 1.29 is 9.26 Å². The third-order valence-electron chi connectivity index (χ3n) is 3.84. The van der Waals surface area contributed by atoms with Crippen LogP contribution in [0.3, 0.4) is 0 Å². The second-order valence-corrected chi connectivity index (χ2v) is 6.41. The van der Waals surface area contributed by atoms with Gasteiger partial charge >= 0.3 is 0 Å². The molecule has 0 saturated carbocycles. The van der Waals surface area contributed by atoms with Gasteiger partial charge in [-0.25, -0.2) is 0 Å². The van der Waals surface area contributed by atoms with E-state index in [1.807, 2.05) is 6.07 Å². The normalized spacial score (nSPS) is 11.7. The molecule has 0 fully saturated rings. The van der Waals surface area contributed by atoms with Gasteiger partial charge in [0.1, 0.15) is 0 Å². The Morgan fingerprint density at radius 3 is 2.60 bits per heavy atom. The Hall–Kier alpha value is -0.830. The highest BCUT2D eigenvalue weighted by Gasteiger charge is 2.13. The van der Waals surface area contributed by atoms with Gasteiger partial charge in [-0.15, -0.1) is 24.0 Å². The maximum Gasteiger partial charge on any atom is 0.191 e. The first-order chi connectivity index (χ1) is 11.6. The molecule has 1 aromatic rings. The highest BCUT2D eigenvalue weighted by atomic mass is 127. The number of nitrogens with one attached hydrogen (secondary N) is 2. The summed E-state index contributed by atoms with van der Waals surface area (Å²) in [6, 6.07) is 2.04. The Kier molecular flexibility index (Phi) is 13.9. The topological polar surface area (TPSA) is 71.7 Å². The Morgan fingerprint density at radius 2 is 2.00 bits per heavy atom. The van der Waals surface area contributed by atoms with Gasteiger partial charge in [-0.05, 0) is 25.2 Å². The predicted molar refractivity (Wildman–Crippen MR) is 114 cm³/mol. The van der Waals surface area contributed by atoms with Crippen molar-refractivity contribution in [3.63, 3.8) is 0 Å². The monoisotopic (exact) mass is 466 g/mol. The van der Waals surface area contributed by atoms with Crippen molar-refractivity contribution in [2.45, 2.75) is 59.4 Å². The molecule has 0 saturated heterocycles. The molecule has 2 N–H and O–H groups in total. The van der Waals surface area contributed by atoms with Crippen molar-refractivity contribution in [3.05, 3.63) is 17.5 Å². The molecule has 0 bridgehead atoms. The van der Waals surface area contributed by atoms with Crippen molar-refractivity contribution in [2.24, 2.45) is 10.9 Å². The minimum absolute atomic E-state index is 0. The van der Waals surface area contributed by atoms with Crippen molar-refractivity contribution in [1.82, 2.24) is 15.8 Å². The number of halogens is 1. The second-order valence-electron chi connectivity index (χ2n) is 6.41. The van der Waals surface area contributed by atoms with Gasteiger partial charge in [0.25, 0.3) is 0 Å². The number of nitrogens with zero attached hydrogens (tertiary/aromatic N) is 2. The van der Waals surface area contributed by atoms with Gasteiger partial charge in [0.05, 0.1) is 12.2 Å². The quantitative estimate of drug-likeness (QED) is 0.224. The van der Waals surface area contributed by atoms with E-state index in [0.717, 1.165) is 56.4 Å². The van der Waals surface area contributed by atoms with Crippen LogP contribution < -0.4 is 10.6 Å². The van der Waals surface area contributed by atoms with Crippen LogP contribution in [0, 0.1) is 5.92 Å². The molecule has 1 heterocycles. The van der Waals surface area contributed by atoms with Crippen LogP contribution in [0.15, 0.2) is 15.6 Å². The maximum atomic E-state index is 5.56. The highest BCUT2D eigenvalue weighted by Crippen LogP contribution is 2.22. The van der Waals surface area contributed by atoms with E-state index in [0.29, 0.717) is 18.4 Å². The van der Waals surface area contributed by atoms with Gasteiger partial charge < -0.3 is 19.9 Å². The van der Waals surface area contributed by atoms with Gasteiger partial charge in [0, 0.05) is 38.8 Å². The number of rotatable bonds is 11. The van der Waals surface area contributed by atoms with Crippen molar-refractivity contribution >= 4 is 29.9 Å². The molecule has 0 unspecified atom stereocenters. The molecule has 7 heteroatoms.